The highest BCUT2D eigenvalue weighted by Gasteiger charge is 2.45. The van der Waals surface area contributed by atoms with Gasteiger partial charge in [0.05, 0.1) is 17.2 Å². The van der Waals surface area contributed by atoms with E-state index in [-0.39, 0.29) is 16.5 Å². The molecule has 1 aromatic rings. The average Bonchev–Trinajstić information content (AvgIpc) is 3.01. The van der Waals surface area contributed by atoms with Crippen molar-refractivity contribution in [3.05, 3.63) is 28.2 Å². The Morgan fingerprint density at radius 2 is 2.00 bits per heavy atom. The molecule has 4 nitrogen and oxygen atoms in total. The van der Waals surface area contributed by atoms with Crippen LogP contribution in [0.15, 0.2) is 23.1 Å². The van der Waals surface area contributed by atoms with Gasteiger partial charge >= 0.3 is 0 Å². The second-order valence-electron chi connectivity index (χ2n) is 4.12. The molecule has 1 aliphatic carbocycles. The molecule has 1 aliphatic rings. The van der Waals surface area contributed by atoms with Crippen molar-refractivity contribution < 1.29 is 13.5 Å². The number of sulfonamides is 1. The molecule has 1 fully saturated rings. The van der Waals surface area contributed by atoms with Crippen LogP contribution in [-0.2, 0) is 10.0 Å². The molecule has 94 valence electrons. The van der Waals surface area contributed by atoms with Crippen molar-refractivity contribution in [3.8, 4) is 0 Å². The number of halogens is 2. The minimum absolute atomic E-state index is 0.0635. The lowest BCUT2D eigenvalue weighted by Crippen LogP contribution is -2.39. The van der Waals surface area contributed by atoms with Gasteiger partial charge in [-0.3, -0.25) is 0 Å². The lowest BCUT2D eigenvalue weighted by molar-refractivity contribution is 0.246. The Bertz CT molecular complexity index is 540. The molecule has 1 saturated carbocycles. The molecule has 0 radical (unpaired) electrons. The highest BCUT2D eigenvalue weighted by atomic mass is 35.5. The molecule has 0 amide bonds. The van der Waals surface area contributed by atoms with Crippen LogP contribution in [-0.4, -0.2) is 25.7 Å². The van der Waals surface area contributed by atoms with E-state index in [1.54, 1.807) is 0 Å². The van der Waals surface area contributed by atoms with Crippen molar-refractivity contribution in [1.82, 2.24) is 4.72 Å². The van der Waals surface area contributed by atoms with Crippen molar-refractivity contribution in [2.24, 2.45) is 0 Å². The second kappa shape index (κ2) is 4.40. The Kier molecular flexibility index (Phi) is 3.40. The van der Waals surface area contributed by atoms with Gasteiger partial charge in [-0.25, -0.2) is 13.1 Å². The van der Waals surface area contributed by atoms with Crippen LogP contribution in [0.5, 0.6) is 0 Å². The van der Waals surface area contributed by atoms with Gasteiger partial charge in [0.1, 0.15) is 4.90 Å². The quantitative estimate of drug-likeness (QED) is 0.890. The van der Waals surface area contributed by atoms with Gasteiger partial charge in [0, 0.05) is 5.02 Å². The molecule has 2 N–H and O–H groups in total. The monoisotopic (exact) mass is 295 g/mol. The minimum Gasteiger partial charge on any atom is -0.394 e. The third-order valence-electron chi connectivity index (χ3n) is 2.69. The van der Waals surface area contributed by atoms with Crippen LogP contribution in [0.2, 0.25) is 10.0 Å². The van der Waals surface area contributed by atoms with Crippen molar-refractivity contribution in [2.45, 2.75) is 23.3 Å². The van der Waals surface area contributed by atoms with Crippen molar-refractivity contribution >= 4 is 33.2 Å². The Labute approximate surface area is 110 Å². The first-order chi connectivity index (χ1) is 7.88. The number of hydrogen-bond donors (Lipinski definition) is 2. The average molecular weight is 296 g/mol. The van der Waals surface area contributed by atoms with Gasteiger partial charge in [0.25, 0.3) is 0 Å². The van der Waals surface area contributed by atoms with E-state index in [1.807, 2.05) is 0 Å². The Balaban J connectivity index is 2.35. The standard InChI is InChI=1S/C10H11Cl2NO3S/c11-7-1-2-8(12)9(5-7)17(15,16)13-10(6-14)3-4-10/h1-2,5,13-14H,3-4,6H2. The molecule has 0 aromatic heterocycles. The third-order valence-corrected chi connectivity index (χ3v) is 4.99. The maximum Gasteiger partial charge on any atom is 0.242 e. The van der Waals surface area contributed by atoms with Crippen LogP contribution >= 0.6 is 23.2 Å². The summed E-state index contributed by atoms with van der Waals surface area (Å²) in [6, 6.07) is 4.23. The second-order valence-corrected chi connectivity index (χ2v) is 6.61. The number of aliphatic hydroxyl groups excluding tert-OH is 1. The van der Waals surface area contributed by atoms with E-state index in [1.165, 1.54) is 18.2 Å². The number of hydrogen-bond acceptors (Lipinski definition) is 3. The van der Waals surface area contributed by atoms with E-state index in [9.17, 15) is 8.42 Å². The molecule has 0 heterocycles. The van der Waals surface area contributed by atoms with Crippen molar-refractivity contribution in [1.29, 1.82) is 0 Å². The fraction of sp³-hybridized carbons (Fsp3) is 0.400. The highest BCUT2D eigenvalue weighted by Crippen LogP contribution is 2.37. The van der Waals surface area contributed by atoms with Crippen LogP contribution in [0.1, 0.15) is 12.8 Å². The SMILES string of the molecule is O=S(=O)(NC1(CO)CC1)c1cc(Cl)ccc1Cl. The smallest absolute Gasteiger partial charge is 0.242 e. The molecule has 0 atom stereocenters. The van der Waals surface area contributed by atoms with Gasteiger partial charge in [-0.05, 0) is 31.0 Å². The maximum absolute atomic E-state index is 12.1. The fourth-order valence-corrected chi connectivity index (χ4v) is 3.68. The molecule has 0 spiro atoms. The van der Waals surface area contributed by atoms with E-state index in [0.29, 0.717) is 17.9 Å². The lowest BCUT2D eigenvalue weighted by atomic mass is 10.3. The fourth-order valence-electron chi connectivity index (χ4n) is 1.47. The van der Waals surface area contributed by atoms with Gasteiger partial charge < -0.3 is 5.11 Å². The van der Waals surface area contributed by atoms with Gasteiger partial charge in [-0.2, -0.15) is 0 Å². The molecule has 0 bridgehead atoms. The normalized spacial score (nSPS) is 18.1. The van der Waals surface area contributed by atoms with Gasteiger partial charge in [-0.15, -0.1) is 0 Å². The molecule has 0 aliphatic heterocycles. The number of benzene rings is 1. The summed E-state index contributed by atoms with van der Waals surface area (Å²) in [4.78, 5) is -0.0635. The maximum atomic E-state index is 12.1. The third kappa shape index (κ3) is 2.74. The lowest BCUT2D eigenvalue weighted by Gasteiger charge is -2.15. The summed E-state index contributed by atoms with van der Waals surface area (Å²) in [5.74, 6) is 0. The largest absolute Gasteiger partial charge is 0.394 e. The van der Waals surface area contributed by atoms with E-state index in [0.717, 1.165) is 0 Å². The zero-order valence-electron chi connectivity index (χ0n) is 8.78. The molecule has 1 aromatic carbocycles. The zero-order valence-corrected chi connectivity index (χ0v) is 11.1. The summed E-state index contributed by atoms with van der Waals surface area (Å²) >= 11 is 11.6. The van der Waals surface area contributed by atoms with Crippen LogP contribution in [0.4, 0.5) is 0 Å². The van der Waals surface area contributed by atoms with Crippen molar-refractivity contribution in [2.75, 3.05) is 6.61 Å². The Morgan fingerprint density at radius 3 is 2.53 bits per heavy atom. The summed E-state index contributed by atoms with van der Waals surface area (Å²) in [7, 11) is -3.75. The van der Waals surface area contributed by atoms with Gasteiger partial charge in [0.15, 0.2) is 0 Å². The first kappa shape index (κ1) is 13.1. The van der Waals surface area contributed by atoms with Crippen LogP contribution in [0, 0.1) is 0 Å². The van der Waals surface area contributed by atoms with Gasteiger partial charge in [-0.1, -0.05) is 23.2 Å². The Morgan fingerprint density at radius 1 is 1.35 bits per heavy atom. The number of nitrogens with one attached hydrogen (secondary N) is 1. The molecular formula is C10H11Cl2NO3S. The summed E-state index contributed by atoms with van der Waals surface area (Å²) in [5, 5.41) is 9.51. The van der Waals surface area contributed by atoms with Gasteiger partial charge in [0.2, 0.25) is 10.0 Å². The summed E-state index contributed by atoms with van der Waals surface area (Å²) in [6.07, 6.45) is 1.25. The summed E-state index contributed by atoms with van der Waals surface area (Å²) in [6.45, 7) is -0.218. The predicted octanol–water partition coefficient (Wildman–Crippen LogP) is 1.80. The molecule has 0 saturated heterocycles. The predicted molar refractivity (Wildman–Crippen MR) is 65.8 cm³/mol. The first-order valence-electron chi connectivity index (χ1n) is 4.98. The number of aliphatic hydroxyl groups is 1. The molecule has 17 heavy (non-hydrogen) atoms. The van der Waals surface area contributed by atoms with E-state index in [2.05, 4.69) is 4.72 Å². The minimum atomic E-state index is -3.75. The zero-order chi connectivity index (χ0) is 12.7. The van der Waals surface area contributed by atoms with Crippen LogP contribution < -0.4 is 4.72 Å². The number of rotatable bonds is 4. The first-order valence-corrected chi connectivity index (χ1v) is 7.22. The topological polar surface area (TPSA) is 66.4 Å². The van der Waals surface area contributed by atoms with E-state index < -0.39 is 15.6 Å². The molecule has 0 unspecified atom stereocenters. The summed E-state index contributed by atoms with van der Waals surface area (Å²) < 4.78 is 26.6. The Hall–Kier alpha value is -0.330. The van der Waals surface area contributed by atoms with Crippen LogP contribution in [0.3, 0.4) is 0 Å². The molecular weight excluding hydrogens is 285 g/mol. The highest BCUT2D eigenvalue weighted by molar-refractivity contribution is 7.89. The van der Waals surface area contributed by atoms with Crippen molar-refractivity contribution in [3.63, 3.8) is 0 Å². The molecule has 7 heteroatoms. The van der Waals surface area contributed by atoms with E-state index >= 15 is 0 Å². The van der Waals surface area contributed by atoms with E-state index in [4.69, 9.17) is 28.3 Å². The van der Waals surface area contributed by atoms with Crippen LogP contribution in [0.25, 0.3) is 0 Å². The molecule has 2 rings (SSSR count). The summed E-state index contributed by atoms with van der Waals surface area (Å²) in [5.41, 5.74) is -0.718.